The first kappa shape index (κ1) is 20.2. The molecule has 4 rings (SSSR count). The van der Waals surface area contributed by atoms with E-state index < -0.39 is 0 Å². The number of hydrogen-bond acceptors (Lipinski definition) is 6. The molecule has 3 aromatic rings. The number of hydrogen-bond donors (Lipinski definition) is 3. The van der Waals surface area contributed by atoms with E-state index in [1.807, 2.05) is 24.0 Å². The lowest BCUT2D eigenvalue weighted by Crippen LogP contribution is -2.23. The molecule has 152 valence electrons. The van der Waals surface area contributed by atoms with E-state index in [0.717, 1.165) is 48.2 Å². The Morgan fingerprint density at radius 2 is 2.07 bits per heavy atom. The number of anilines is 2. The topological polar surface area (TPSA) is 116 Å². The van der Waals surface area contributed by atoms with Crippen molar-refractivity contribution in [1.29, 1.82) is 0 Å². The number of aromatic amines is 1. The molecular formula is C20H25N7O2. The Bertz CT molecular complexity index is 972. The minimum Gasteiger partial charge on any atom is -0.359 e. The summed E-state index contributed by atoms with van der Waals surface area (Å²) in [6.45, 7) is 3.55. The van der Waals surface area contributed by atoms with Gasteiger partial charge in [0.2, 0.25) is 18.3 Å². The van der Waals surface area contributed by atoms with Crippen molar-refractivity contribution in [2.45, 2.75) is 26.2 Å². The summed E-state index contributed by atoms with van der Waals surface area (Å²) in [5.74, 6) is 1.42. The summed E-state index contributed by atoms with van der Waals surface area (Å²) in [6.07, 6.45) is 6.61. The zero-order chi connectivity index (χ0) is 20.6. The van der Waals surface area contributed by atoms with E-state index in [0.29, 0.717) is 24.6 Å². The maximum atomic E-state index is 12.1. The van der Waals surface area contributed by atoms with Crippen LogP contribution in [0.1, 0.15) is 26.2 Å². The van der Waals surface area contributed by atoms with Gasteiger partial charge in [0.05, 0.1) is 5.52 Å². The van der Waals surface area contributed by atoms with Crippen molar-refractivity contribution < 1.29 is 9.59 Å². The van der Waals surface area contributed by atoms with Crippen molar-refractivity contribution >= 4 is 35.0 Å². The number of benzene rings is 1. The summed E-state index contributed by atoms with van der Waals surface area (Å²) in [5.41, 5.74) is 3.31. The molecule has 1 aliphatic rings. The van der Waals surface area contributed by atoms with Crippen molar-refractivity contribution in [2.75, 3.05) is 30.4 Å². The molecule has 9 nitrogen and oxygen atoms in total. The number of fused-ring (bicyclic) bond motifs is 1. The van der Waals surface area contributed by atoms with E-state index >= 15 is 0 Å². The van der Waals surface area contributed by atoms with Crippen LogP contribution in [0.2, 0.25) is 0 Å². The van der Waals surface area contributed by atoms with Gasteiger partial charge in [-0.3, -0.25) is 9.59 Å². The van der Waals surface area contributed by atoms with E-state index in [1.54, 1.807) is 25.5 Å². The van der Waals surface area contributed by atoms with E-state index in [1.165, 1.54) is 0 Å². The fourth-order valence-corrected chi connectivity index (χ4v) is 3.11. The van der Waals surface area contributed by atoms with Crippen molar-refractivity contribution in [1.82, 2.24) is 25.3 Å². The smallest absolute Gasteiger partial charge is 0.227 e. The lowest BCUT2D eigenvalue weighted by atomic mass is 10.1. The number of carbonyl (C=O) groups is 2. The lowest BCUT2D eigenvalue weighted by Gasteiger charge is -2.16. The van der Waals surface area contributed by atoms with Crippen LogP contribution in [0, 0.1) is 0 Å². The standard InChI is InChI=1S/C16H16N6O.C4H9NO/c1-17-16-20-12-9-10(22-7-2-4-13(22)23)8-11(14(12)21-16)15-18-5-3-6-19-15;1-2-3-5-4-6/h3,5-6,8-9H,2,4,7H2,1H3,(H2,17,20,21);4H,2-3H2,1H3,(H,5,6). The molecule has 3 N–H and O–H groups in total. The zero-order valence-corrected chi connectivity index (χ0v) is 16.6. The highest BCUT2D eigenvalue weighted by atomic mass is 16.2. The molecule has 0 radical (unpaired) electrons. The monoisotopic (exact) mass is 395 g/mol. The molecule has 1 saturated heterocycles. The fourth-order valence-electron chi connectivity index (χ4n) is 3.11. The third-order valence-electron chi connectivity index (χ3n) is 4.48. The van der Waals surface area contributed by atoms with Gasteiger partial charge >= 0.3 is 0 Å². The molecule has 0 aliphatic carbocycles. The second-order valence-corrected chi connectivity index (χ2v) is 6.52. The summed E-state index contributed by atoms with van der Waals surface area (Å²) in [5, 5.41) is 5.52. The number of carbonyl (C=O) groups excluding carboxylic acids is 2. The number of imidazole rings is 1. The number of rotatable bonds is 6. The quantitative estimate of drug-likeness (QED) is 0.436. The highest BCUT2D eigenvalue weighted by Crippen LogP contribution is 2.33. The molecule has 2 amide bonds. The first-order valence-electron chi connectivity index (χ1n) is 9.64. The predicted molar refractivity (Wildman–Crippen MR) is 113 cm³/mol. The van der Waals surface area contributed by atoms with Gasteiger partial charge in [0.25, 0.3) is 0 Å². The summed E-state index contributed by atoms with van der Waals surface area (Å²) >= 11 is 0. The second kappa shape index (κ2) is 9.63. The number of H-pyrrole nitrogens is 1. The van der Waals surface area contributed by atoms with Crippen LogP contribution in [0.15, 0.2) is 30.6 Å². The number of nitrogens with zero attached hydrogens (tertiary/aromatic N) is 4. The second-order valence-electron chi connectivity index (χ2n) is 6.52. The molecule has 0 bridgehead atoms. The van der Waals surface area contributed by atoms with Crippen molar-refractivity contribution in [3.8, 4) is 11.4 Å². The number of amides is 2. The van der Waals surface area contributed by atoms with Gasteiger partial charge in [0.15, 0.2) is 5.82 Å². The van der Waals surface area contributed by atoms with E-state index in [-0.39, 0.29) is 5.91 Å². The molecule has 1 fully saturated rings. The van der Waals surface area contributed by atoms with Gasteiger partial charge in [0.1, 0.15) is 5.52 Å². The molecule has 0 spiro atoms. The summed E-state index contributed by atoms with van der Waals surface area (Å²) < 4.78 is 0. The Morgan fingerprint density at radius 1 is 1.28 bits per heavy atom. The molecule has 29 heavy (non-hydrogen) atoms. The Morgan fingerprint density at radius 3 is 2.66 bits per heavy atom. The van der Waals surface area contributed by atoms with Crippen LogP contribution >= 0.6 is 0 Å². The Balaban J connectivity index is 0.000000353. The minimum absolute atomic E-state index is 0.151. The SMILES string of the molecule is CCCNC=O.CNc1nc2c(-c3ncccn3)cc(N3CCCC3=O)cc2[nH]1. The minimum atomic E-state index is 0.151. The average molecular weight is 395 g/mol. The largest absolute Gasteiger partial charge is 0.359 e. The van der Waals surface area contributed by atoms with E-state index in [9.17, 15) is 9.59 Å². The third kappa shape index (κ3) is 4.68. The van der Waals surface area contributed by atoms with Crippen molar-refractivity contribution in [2.24, 2.45) is 0 Å². The Hall–Kier alpha value is -3.49. The van der Waals surface area contributed by atoms with Gasteiger partial charge in [0, 0.05) is 50.2 Å². The highest BCUT2D eigenvalue weighted by molar-refractivity contribution is 6.01. The molecule has 3 heterocycles. The molecule has 0 saturated carbocycles. The third-order valence-corrected chi connectivity index (χ3v) is 4.48. The Labute approximate surface area is 169 Å². The molecule has 1 aliphatic heterocycles. The average Bonchev–Trinajstić information content (AvgIpc) is 3.38. The maximum absolute atomic E-state index is 12.1. The summed E-state index contributed by atoms with van der Waals surface area (Å²) in [4.78, 5) is 39.8. The first-order chi connectivity index (χ1) is 14.2. The van der Waals surface area contributed by atoms with Crippen LogP contribution in [0.3, 0.4) is 0 Å². The maximum Gasteiger partial charge on any atom is 0.227 e. The van der Waals surface area contributed by atoms with E-state index in [4.69, 9.17) is 0 Å². The van der Waals surface area contributed by atoms with Crippen LogP contribution in [0.25, 0.3) is 22.4 Å². The normalized spacial score (nSPS) is 13.2. The van der Waals surface area contributed by atoms with Crippen molar-refractivity contribution in [3.05, 3.63) is 30.6 Å². The number of nitrogens with one attached hydrogen (secondary N) is 3. The van der Waals surface area contributed by atoms with Gasteiger partial charge in [-0.05, 0) is 31.0 Å². The van der Waals surface area contributed by atoms with Crippen LogP contribution in [-0.4, -0.2) is 52.4 Å². The van der Waals surface area contributed by atoms with Crippen LogP contribution < -0.4 is 15.5 Å². The van der Waals surface area contributed by atoms with Gasteiger partial charge in [-0.2, -0.15) is 0 Å². The summed E-state index contributed by atoms with van der Waals surface area (Å²) in [6, 6.07) is 5.68. The van der Waals surface area contributed by atoms with Gasteiger partial charge in [-0.15, -0.1) is 0 Å². The van der Waals surface area contributed by atoms with Gasteiger partial charge in [-0.1, -0.05) is 6.92 Å². The lowest BCUT2D eigenvalue weighted by molar-refractivity contribution is -0.117. The highest BCUT2D eigenvalue weighted by Gasteiger charge is 2.24. The van der Waals surface area contributed by atoms with Gasteiger partial charge < -0.3 is 20.5 Å². The Kier molecular flexibility index (Phi) is 6.72. The van der Waals surface area contributed by atoms with Crippen LogP contribution in [0.5, 0.6) is 0 Å². The van der Waals surface area contributed by atoms with E-state index in [2.05, 4.69) is 30.6 Å². The summed E-state index contributed by atoms with van der Waals surface area (Å²) in [7, 11) is 1.81. The predicted octanol–water partition coefficient (Wildman–Crippen LogP) is 2.33. The molecule has 0 atom stereocenters. The number of aromatic nitrogens is 4. The van der Waals surface area contributed by atoms with Crippen LogP contribution in [0.4, 0.5) is 11.6 Å². The van der Waals surface area contributed by atoms with Gasteiger partial charge in [-0.25, -0.2) is 15.0 Å². The molecule has 2 aromatic heterocycles. The molecule has 9 heteroatoms. The molecule has 1 aromatic carbocycles. The molecular weight excluding hydrogens is 370 g/mol. The molecule has 0 unspecified atom stereocenters. The zero-order valence-electron chi connectivity index (χ0n) is 16.6. The van der Waals surface area contributed by atoms with Crippen LogP contribution in [-0.2, 0) is 9.59 Å². The fraction of sp³-hybridized carbons (Fsp3) is 0.350. The van der Waals surface area contributed by atoms with Crippen molar-refractivity contribution in [3.63, 3.8) is 0 Å². The first-order valence-corrected chi connectivity index (χ1v) is 9.64.